The van der Waals surface area contributed by atoms with Crippen LogP contribution in [-0.2, 0) is 4.74 Å². The largest absolute Gasteiger partial charge is 0.475 e. The van der Waals surface area contributed by atoms with Gasteiger partial charge in [0.25, 0.3) is 0 Å². The molecule has 0 spiro atoms. The van der Waals surface area contributed by atoms with Gasteiger partial charge in [0, 0.05) is 12.0 Å². The van der Waals surface area contributed by atoms with Crippen molar-refractivity contribution in [2.24, 2.45) is 4.99 Å². The summed E-state index contributed by atoms with van der Waals surface area (Å²) in [5, 5.41) is 0. The summed E-state index contributed by atoms with van der Waals surface area (Å²) in [5.41, 5.74) is 0.918. The Balaban J connectivity index is 2.88. The number of hydrogen-bond acceptors (Lipinski definition) is 2. The van der Waals surface area contributed by atoms with Crippen molar-refractivity contribution >= 4 is 5.90 Å². The van der Waals surface area contributed by atoms with Crippen LogP contribution >= 0.6 is 0 Å². The van der Waals surface area contributed by atoms with E-state index in [-0.39, 0.29) is 11.6 Å². The average molecular weight is 167 g/mol. The van der Waals surface area contributed by atoms with Gasteiger partial charge >= 0.3 is 0 Å². The Bertz CT molecular complexity index is 228. The molecule has 0 aromatic heterocycles. The molecule has 0 saturated carbocycles. The second-order valence-electron chi connectivity index (χ2n) is 4.14. The van der Waals surface area contributed by atoms with Crippen LogP contribution in [0.4, 0.5) is 0 Å². The normalized spacial score (nSPS) is 27.3. The first-order valence-corrected chi connectivity index (χ1v) is 4.33. The Morgan fingerprint density at radius 3 is 2.67 bits per heavy atom. The van der Waals surface area contributed by atoms with Gasteiger partial charge in [0.15, 0.2) is 0 Å². The molecule has 1 aliphatic rings. The number of ether oxygens (including phenoxy) is 1. The third kappa shape index (κ3) is 2.10. The summed E-state index contributed by atoms with van der Waals surface area (Å²) in [4.78, 5) is 4.46. The van der Waals surface area contributed by atoms with Crippen molar-refractivity contribution in [3.63, 3.8) is 0 Å². The number of rotatable bonds is 1. The van der Waals surface area contributed by atoms with Crippen LogP contribution in [0.2, 0.25) is 0 Å². The molecule has 0 bridgehead atoms. The molecule has 0 aromatic carbocycles. The van der Waals surface area contributed by atoms with Crippen molar-refractivity contribution in [2.45, 2.75) is 45.8 Å². The fraction of sp³-hybridized carbons (Fsp3) is 0.700. The van der Waals surface area contributed by atoms with E-state index in [9.17, 15) is 0 Å². The van der Waals surface area contributed by atoms with Gasteiger partial charge in [-0.1, -0.05) is 6.58 Å². The molecule has 12 heavy (non-hydrogen) atoms. The van der Waals surface area contributed by atoms with E-state index in [1.165, 1.54) is 0 Å². The number of aliphatic imine (C=N–C) groups is 1. The molecule has 1 heterocycles. The molecular weight excluding hydrogens is 150 g/mol. The summed E-state index contributed by atoms with van der Waals surface area (Å²) >= 11 is 0. The highest BCUT2D eigenvalue weighted by atomic mass is 16.5. The van der Waals surface area contributed by atoms with Gasteiger partial charge in [-0.3, -0.25) is 0 Å². The Hall–Kier alpha value is -0.790. The molecular formula is C10H17NO. The Labute approximate surface area is 74.3 Å². The zero-order chi connectivity index (χ0) is 9.35. The molecule has 0 N–H and O–H groups in total. The van der Waals surface area contributed by atoms with Crippen molar-refractivity contribution < 1.29 is 4.74 Å². The van der Waals surface area contributed by atoms with E-state index >= 15 is 0 Å². The predicted octanol–water partition coefficient (Wildman–Crippen LogP) is 2.55. The van der Waals surface area contributed by atoms with Gasteiger partial charge in [-0.25, -0.2) is 4.99 Å². The Kier molecular flexibility index (Phi) is 2.27. The lowest BCUT2D eigenvalue weighted by atomic mass is 9.96. The summed E-state index contributed by atoms with van der Waals surface area (Å²) in [7, 11) is 0. The predicted molar refractivity (Wildman–Crippen MR) is 51.5 cm³/mol. The van der Waals surface area contributed by atoms with E-state index in [1.54, 1.807) is 0 Å². The van der Waals surface area contributed by atoms with E-state index in [0.29, 0.717) is 0 Å². The summed E-state index contributed by atoms with van der Waals surface area (Å²) in [6.07, 6.45) is 1.23. The highest BCUT2D eigenvalue weighted by molar-refractivity contribution is 5.93. The first-order chi connectivity index (χ1) is 5.41. The quantitative estimate of drug-likeness (QED) is 0.588. The van der Waals surface area contributed by atoms with Crippen molar-refractivity contribution in [3.8, 4) is 0 Å². The van der Waals surface area contributed by atoms with Gasteiger partial charge in [0.2, 0.25) is 5.90 Å². The summed E-state index contributed by atoms with van der Waals surface area (Å²) in [6, 6.07) is 0. The van der Waals surface area contributed by atoms with Crippen LogP contribution in [0.1, 0.15) is 34.1 Å². The SMILES string of the molecule is C=C(C)C1=NC(C)(C)CC(C)O1. The van der Waals surface area contributed by atoms with Crippen LogP contribution in [0.25, 0.3) is 0 Å². The van der Waals surface area contributed by atoms with Gasteiger partial charge in [-0.2, -0.15) is 0 Å². The molecule has 2 heteroatoms. The fourth-order valence-corrected chi connectivity index (χ4v) is 1.48. The van der Waals surface area contributed by atoms with Gasteiger partial charge in [-0.05, 0) is 27.7 Å². The molecule has 1 rings (SSSR count). The van der Waals surface area contributed by atoms with Crippen molar-refractivity contribution in [1.29, 1.82) is 0 Å². The van der Waals surface area contributed by atoms with Crippen molar-refractivity contribution in [1.82, 2.24) is 0 Å². The number of nitrogens with zero attached hydrogens (tertiary/aromatic N) is 1. The average Bonchev–Trinajstić information content (AvgIpc) is 1.82. The highest BCUT2D eigenvalue weighted by Gasteiger charge is 2.27. The maximum Gasteiger partial charge on any atom is 0.211 e. The molecule has 1 atom stereocenters. The molecule has 68 valence electrons. The van der Waals surface area contributed by atoms with E-state index in [0.717, 1.165) is 17.9 Å². The first kappa shape index (κ1) is 9.30. The lowest BCUT2D eigenvalue weighted by Gasteiger charge is -2.31. The van der Waals surface area contributed by atoms with Crippen LogP contribution in [0.3, 0.4) is 0 Å². The molecule has 0 radical (unpaired) electrons. The zero-order valence-corrected chi connectivity index (χ0v) is 8.35. The second kappa shape index (κ2) is 2.92. The van der Waals surface area contributed by atoms with E-state index in [4.69, 9.17) is 4.74 Å². The second-order valence-corrected chi connectivity index (χ2v) is 4.14. The van der Waals surface area contributed by atoms with Crippen LogP contribution in [0, 0.1) is 0 Å². The molecule has 0 amide bonds. The fourth-order valence-electron chi connectivity index (χ4n) is 1.48. The number of hydrogen-bond donors (Lipinski definition) is 0. The highest BCUT2D eigenvalue weighted by Crippen LogP contribution is 2.25. The third-order valence-corrected chi connectivity index (χ3v) is 1.87. The lowest BCUT2D eigenvalue weighted by Crippen LogP contribution is -2.34. The first-order valence-electron chi connectivity index (χ1n) is 4.33. The summed E-state index contributed by atoms with van der Waals surface area (Å²) in [6.45, 7) is 12.1. The van der Waals surface area contributed by atoms with Gasteiger partial charge < -0.3 is 4.74 Å². The monoisotopic (exact) mass is 167 g/mol. The molecule has 1 unspecified atom stereocenters. The molecule has 0 fully saturated rings. The standard InChI is InChI=1S/C10H17NO/c1-7(2)9-11-10(4,5)6-8(3)12-9/h8H,1,6H2,2-5H3. The summed E-state index contributed by atoms with van der Waals surface area (Å²) in [5.74, 6) is 0.721. The van der Waals surface area contributed by atoms with Crippen molar-refractivity contribution in [3.05, 3.63) is 12.2 Å². The Morgan fingerprint density at radius 1 is 1.67 bits per heavy atom. The van der Waals surface area contributed by atoms with E-state index < -0.39 is 0 Å². The van der Waals surface area contributed by atoms with Crippen LogP contribution in [-0.4, -0.2) is 17.5 Å². The minimum atomic E-state index is 0.00590. The van der Waals surface area contributed by atoms with E-state index in [2.05, 4.69) is 32.3 Å². The maximum atomic E-state index is 5.53. The van der Waals surface area contributed by atoms with Crippen LogP contribution in [0.15, 0.2) is 17.1 Å². The molecule has 1 aliphatic heterocycles. The minimum Gasteiger partial charge on any atom is -0.475 e. The van der Waals surface area contributed by atoms with Crippen molar-refractivity contribution in [2.75, 3.05) is 0 Å². The van der Waals surface area contributed by atoms with Crippen LogP contribution < -0.4 is 0 Å². The van der Waals surface area contributed by atoms with E-state index in [1.807, 2.05) is 6.92 Å². The zero-order valence-electron chi connectivity index (χ0n) is 8.35. The smallest absolute Gasteiger partial charge is 0.211 e. The Morgan fingerprint density at radius 2 is 2.25 bits per heavy atom. The third-order valence-electron chi connectivity index (χ3n) is 1.87. The lowest BCUT2D eigenvalue weighted by molar-refractivity contribution is 0.145. The molecule has 2 nitrogen and oxygen atoms in total. The van der Waals surface area contributed by atoms with Gasteiger partial charge in [0.1, 0.15) is 0 Å². The topological polar surface area (TPSA) is 21.6 Å². The summed E-state index contributed by atoms with van der Waals surface area (Å²) < 4.78 is 5.53. The molecule has 0 aliphatic carbocycles. The maximum absolute atomic E-state index is 5.53. The van der Waals surface area contributed by atoms with Gasteiger partial charge in [-0.15, -0.1) is 0 Å². The minimum absolute atomic E-state index is 0.00590. The van der Waals surface area contributed by atoms with Gasteiger partial charge in [0.05, 0.1) is 11.6 Å². The molecule has 0 aromatic rings. The molecule has 0 saturated heterocycles. The van der Waals surface area contributed by atoms with Crippen LogP contribution in [0.5, 0.6) is 0 Å².